The van der Waals surface area contributed by atoms with Gasteiger partial charge >= 0.3 is 0 Å². The topological polar surface area (TPSA) is 26.0 Å². The molecule has 1 nitrogen and oxygen atoms in total. The van der Waals surface area contributed by atoms with Crippen molar-refractivity contribution in [3.05, 3.63) is 34.1 Å². The summed E-state index contributed by atoms with van der Waals surface area (Å²) in [5.74, 6) is -0.151. The number of halogens is 2. The smallest absolute Gasteiger partial charge is 0.126 e. The van der Waals surface area contributed by atoms with Crippen LogP contribution in [0.15, 0.2) is 22.7 Å². The molecule has 0 aliphatic carbocycles. The summed E-state index contributed by atoms with van der Waals surface area (Å²) >= 11 is 3.37. The first-order chi connectivity index (χ1) is 9.13. The second kappa shape index (κ2) is 9.49. The van der Waals surface area contributed by atoms with Crippen LogP contribution in [0.4, 0.5) is 4.39 Å². The molecule has 1 aromatic rings. The summed E-state index contributed by atoms with van der Waals surface area (Å²) in [6.07, 6.45) is 9.24. The summed E-state index contributed by atoms with van der Waals surface area (Å²) in [6.45, 7) is 2.22. The Balaban J connectivity index is 2.23. The molecule has 0 amide bonds. The molecule has 0 aliphatic rings. The number of hydrogen-bond acceptors (Lipinski definition) is 1. The third-order valence-electron chi connectivity index (χ3n) is 3.42. The molecule has 2 N–H and O–H groups in total. The van der Waals surface area contributed by atoms with Crippen LogP contribution in [0, 0.1) is 5.82 Å². The summed E-state index contributed by atoms with van der Waals surface area (Å²) in [7, 11) is 0. The molecule has 0 spiro atoms. The molecule has 0 bridgehead atoms. The standard InChI is InChI=1S/C16H25BrFN/c1-2-3-4-5-6-7-8-15(19)12-13-11-14(17)9-10-16(13)18/h9-11,15H,2-8,12,19H2,1H3. The molecule has 0 heterocycles. The average molecular weight is 330 g/mol. The van der Waals surface area contributed by atoms with Crippen molar-refractivity contribution in [1.29, 1.82) is 0 Å². The van der Waals surface area contributed by atoms with Crippen LogP contribution in [0.5, 0.6) is 0 Å². The summed E-state index contributed by atoms with van der Waals surface area (Å²) in [6, 6.07) is 5.11. The average Bonchev–Trinajstić information content (AvgIpc) is 2.38. The van der Waals surface area contributed by atoms with E-state index in [0.29, 0.717) is 12.0 Å². The minimum atomic E-state index is -0.151. The maximum atomic E-state index is 13.6. The van der Waals surface area contributed by atoms with Crippen molar-refractivity contribution < 1.29 is 4.39 Å². The van der Waals surface area contributed by atoms with Gasteiger partial charge in [-0.2, -0.15) is 0 Å². The van der Waals surface area contributed by atoms with Gasteiger partial charge in [0.05, 0.1) is 0 Å². The van der Waals surface area contributed by atoms with Crippen molar-refractivity contribution in [3.8, 4) is 0 Å². The highest BCUT2D eigenvalue weighted by Gasteiger charge is 2.08. The Labute approximate surface area is 124 Å². The molecule has 0 aromatic heterocycles. The third kappa shape index (κ3) is 7.07. The Bertz CT molecular complexity index is 368. The van der Waals surface area contributed by atoms with E-state index < -0.39 is 0 Å². The number of nitrogens with two attached hydrogens (primary N) is 1. The van der Waals surface area contributed by atoms with Crippen LogP contribution in [0.2, 0.25) is 0 Å². The summed E-state index contributed by atoms with van der Waals surface area (Å²) in [5.41, 5.74) is 6.80. The predicted molar refractivity (Wildman–Crippen MR) is 83.8 cm³/mol. The SMILES string of the molecule is CCCCCCCCC(N)Cc1cc(Br)ccc1F. The van der Waals surface area contributed by atoms with Gasteiger partial charge in [0, 0.05) is 10.5 Å². The molecular weight excluding hydrogens is 305 g/mol. The van der Waals surface area contributed by atoms with E-state index in [2.05, 4.69) is 22.9 Å². The molecule has 19 heavy (non-hydrogen) atoms. The van der Waals surface area contributed by atoms with Crippen LogP contribution in [0.1, 0.15) is 57.4 Å². The Kier molecular flexibility index (Phi) is 8.31. The van der Waals surface area contributed by atoms with Crippen LogP contribution < -0.4 is 5.73 Å². The largest absolute Gasteiger partial charge is 0.327 e. The zero-order chi connectivity index (χ0) is 14.1. The van der Waals surface area contributed by atoms with Crippen molar-refractivity contribution in [2.24, 2.45) is 5.73 Å². The van der Waals surface area contributed by atoms with Gasteiger partial charge in [-0.3, -0.25) is 0 Å². The Morgan fingerprint density at radius 1 is 1.16 bits per heavy atom. The van der Waals surface area contributed by atoms with Gasteiger partial charge in [-0.25, -0.2) is 4.39 Å². The second-order valence-corrected chi connectivity index (χ2v) is 6.17. The van der Waals surface area contributed by atoms with Gasteiger partial charge in [0.15, 0.2) is 0 Å². The van der Waals surface area contributed by atoms with E-state index in [0.717, 1.165) is 17.3 Å². The number of rotatable bonds is 9. The van der Waals surface area contributed by atoms with Crippen molar-refractivity contribution in [2.45, 2.75) is 64.3 Å². The Morgan fingerprint density at radius 2 is 1.84 bits per heavy atom. The molecule has 3 heteroatoms. The monoisotopic (exact) mass is 329 g/mol. The number of hydrogen-bond donors (Lipinski definition) is 1. The van der Waals surface area contributed by atoms with E-state index in [9.17, 15) is 4.39 Å². The van der Waals surface area contributed by atoms with Crippen LogP contribution in [0.3, 0.4) is 0 Å². The molecule has 0 saturated heterocycles. The molecular formula is C16H25BrFN. The third-order valence-corrected chi connectivity index (χ3v) is 3.91. The predicted octanol–water partition coefficient (Wildman–Crippen LogP) is 5.21. The fourth-order valence-corrected chi connectivity index (χ4v) is 2.68. The van der Waals surface area contributed by atoms with Crippen LogP contribution >= 0.6 is 15.9 Å². The fraction of sp³-hybridized carbons (Fsp3) is 0.625. The fourth-order valence-electron chi connectivity index (χ4n) is 2.27. The van der Waals surface area contributed by atoms with E-state index >= 15 is 0 Å². The van der Waals surface area contributed by atoms with Gasteiger partial charge in [0.2, 0.25) is 0 Å². The second-order valence-electron chi connectivity index (χ2n) is 5.26. The van der Waals surface area contributed by atoms with Gasteiger partial charge in [-0.05, 0) is 36.6 Å². The van der Waals surface area contributed by atoms with E-state index in [-0.39, 0.29) is 11.9 Å². The molecule has 1 aromatic carbocycles. The quantitative estimate of drug-likeness (QED) is 0.618. The van der Waals surface area contributed by atoms with Gasteiger partial charge < -0.3 is 5.73 Å². The summed E-state index contributed by atoms with van der Waals surface area (Å²) in [5, 5.41) is 0. The minimum absolute atomic E-state index is 0.0648. The first kappa shape index (κ1) is 16.6. The molecule has 1 atom stereocenters. The zero-order valence-electron chi connectivity index (χ0n) is 11.8. The molecule has 0 aliphatic heterocycles. The lowest BCUT2D eigenvalue weighted by Gasteiger charge is -2.12. The van der Waals surface area contributed by atoms with Crippen molar-refractivity contribution in [3.63, 3.8) is 0 Å². The normalized spacial score (nSPS) is 12.6. The minimum Gasteiger partial charge on any atom is -0.327 e. The van der Waals surface area contributed by atoms with Gasteiger partial charge in [0.25, 0.3) is 0 Å². The van der Waals surface area contributed by atoms with Gasteiger partial charge in [-0.1, -0.05) is 61.4 Å². The molecule has 1 unspecified atom stereocenters. The zero-order valence-corrected chi connectivity index (χ0v) is 13.4. The summed E-state index contributed by atoms with van der Waals surface area (Å²) in [4.78, 5) is 0. The lowest BCUT2D eigenvalue weighted by atomic mass is 10.00. The number of unbranched alkanes of at least 4 members (excludes halogenated alkanes) is 5. The molecule has 0 saturated carbocycles. The van der Waals surface area contributed by atoms with E-state index in [1.165, 1.54) is 38.2 Å². The molecule has 0 fully saturated rings. The highest BCUT2D eigenvalue weighted by atomic mass is 79.9. The Morgan fingerprint density at radius 3 is 2.58 bits per heavy atom. The van der Waals surface area contributed by atoms with Gasteiger partial charge in [-0.15, -0.1) is 0 Å². The number of benzene rings is 1. The summed E-state index contributed by atoms with van der Waals surface area (Å²) < 4.78 is 14.5. The van der Waals surface area contributed by atoms with Crippen molar-refractivity contribution in [2.75, 3.05) is 0 Å². The molecule has 1 rings (SSSR count). The van der Waals surface area contributed by atoms with Gasteiger partial charge in [0.1, 0.15) is 5.82 Å². The lowest BCUT2D eigenvalue weighted by molar-refractivity contribution is 0.521. The van der Waals surface area contributed by atoms with E-state index in [4.69, 9.17) is 5.73 Å². The molecule has 108 valence electrons. The maximum absolute atomic E-state index is 13.6. The molecule has 0 radical (unpaired) electrons. The van der Waals surface area contributed by atoms with Crippen molar-refractivity contribution >= 4 is 15.9 Å². The van der Waals surface area contributed by atoms with E-state index in [1.807, 2.05) is 6.07 Å². The lowest BCUT2D eigenvalue weighted by Crippen LogP contribution is -2.23. The van der Waals surface area contributed by atoms with Crippen molar-refractivity contribution in [1.82, 2.24) is 0 Å². The first-order valence-corrected chi connectivity index (χ1v) is 8.12. The highest BCUT2D eigenvalue weighted by molar-refractivity contribution is 9.10. The maximum Gasteiger partial charge on any atom is 0.126 e. The van der Waals surface area contributed by atoms with Crippen LogP contribution in [-0.2, 0) is 6.42 Å². The first-order valence-electron chi connectivity index (χ1n) is 7.33. The van der Waals surface area contributed by atoms with E-state index in [1.54, 1.807) is 6.07 Å². The van der Waals surface area contributed by atoms with Crippen LogP contribution in [0.25, 0.3) is 0 Å². The van der Waals surface area contributed by atoms with Crippen LogP contribution in [-0.4, -0.2) is 6.04 Å². The highest BCUT2D eigenvalue weighted by Crippen LogP contribution is 2.18. The Hall–Kier alpha value is -0.410.